The lowest BCUT2D eigenvalue weighted by Gasteiger charge is -2.16. The van der Waals surface area contributed by atoms with E-state index >= 15 is 0 Å². The number of carbonyl (C=O) groups is 1. The van der Waals surface area contributed by atoms with Gasteiger partial charge < -0.3 is 19.9 Å². The first kappa shape index (κ1) is 22.2. The molecule has 0 fully saturated rings. The van der Waals surface area contributed by atoms with Crippen LogP contribution >= 0.6 is 11.8 Å². The number of ether oxygens (including phenoxy) is 2. The molecule has 3 aromatic rings. The molecule has 0 saturated heterocycles. The number of nitrogens with zero attached hydrogens (tertiary/aromatic N) is 3. The molecular weight excluding hydrogens is 416 g/mol. The molecule has 2 N–H and O–H groups in total. The fourth-order valence-corrected chi connectivity index (χ4v) is 3.57. The lowest BCUT2D eigenvalue weighted by molar-refractivity contribution is -0.113. The van der Waals surface area contributed by atoms with Crippen molar-refractivity contribution in [2.24, 2.45) is 0 Å². The molecule has 8 nitrogen and oxygen atoms in total. The number of allylic oxidation sites excluding steroid dienone is 1. The third kappa shape index (κ3) is 5.79. The van der Waals surface area contributed by atoms with Gasteiger partial charge in [-0.05, 0) is 43.3 Å². The second-order valence-electron chi connectivity index (χ2n) is 6.53. The molecule has 3 rings (SSSR count). The normalized spacial score (nSPS) is 11.5. The van der Waals surface area contributed by atoms with Gasteiger partial charge in [-0.1, -0.05) is 30.0 Å². The van der Waals surface area contributed by atoms with Gasteiger partial charge in [-0.25, -0.2) is 0 Å². The summed E-state index contributed by atoms with van der Waals surface area (Å²) in [5, 5.41) is 21.5. The summed E-state index contributed by atoms with van der Waals surface area (Å²) in [7, 11) is 1.61. The van der Waals surface area contributed by atoms with Gasteiger partial charge in [-0.2, -0.15) is 0 Å². The Labute approximate surface area is 184 Å². The Bertz CT molecular complexity index is 1040. The number of phenols is 1. The summed E-state index contributed by atoms with van der Waals surface area (Å²) < 4.78 is 13.0. The Kier molecular flexibility index (Phi) is 7.55. The molecule has 0 saturated carbocycles. The lowest BCUT2D eigenvalue weighted by Crippen LogP contribution is -2.15. The van der Waals surface area contributed by atoms with Crippen molar-refractivity contribution in [1.82, 2.24) is 14.8 Å². The van der Waals surface area contributed by atoms with E-state index in [9.17, 15) is 9.90 Å². The van der Waals surface area contributed by atoms with Crippen LogP contribution in [0.15, 0.2) is 66.3 Å². The molecule has 1 atom stereocenters. The Hall–Kier alpha value is -3.46. The molecule has 0 spiro atoms. The highest BCUT2D eigenvalue weighted by molar-refractivity contribution is 7.99. The number of methoxy groups -OCH3 is 1. The first-order valence-electron chi connectivity index (χ1n) is 9.57. The quantitative estimate of drug-likeness (QED) is 0.279. The molecule has 31 heavy (non-hydrogen) atoms. The van der Waals surface area contributed by atoms with Crippen LogP contribution in [0.2, 0.25) is 0 Å². The van der Waals surface area contributed by atoms with E-state index in [-0.39, 0.29) is 23.5 Å². The largest absolute Gasteiger partial charge is 0.506 e. The van der Waals surface area contributed by atoms with Crippen LogP contribution in [0.3, 0.4) is 0 Å². The van der Waals surface area contributed by atoms with E-state index in [1.54, 1.807) is 31.4 Å². The second-order valence-corrected chi connectivity index (χ2v) is 7.47. The second kappa shape index (κ2) is 10.5. The van der Waals surface area contributed by atoms with Crippen LogP contribution < -0.4 is 14.8 Å². The smallest absolute Gasteiger partial charge is 0.234 e. The van der Waals surface area contributed by atoms with Gasteiger partial charge in [0.1, 0.15) is 17.2 Å². The number of benzene rings is 2. The van der Waals surface area contributed by atoms with Crippen LogP contribution in [-0.2, 0) is 11.3 Å². The molecule has 1 unspecified atom stereocenters. The molecule has 1 aromatic heterocycles. The Morgan fingerprint density at radius 2 is 1.94 bits per heavy atom. The summed E-state index contributed by atoms with van der Waals surface area (Å²) in [6, 6.07) is 13.9. The number of thioether (sulfide) groups is 1. The van der Waals surface area contributed by atoms with Crippen molar-refractivity contribution in [2.75, 3.05) is 18.2 Å². The van der Waals surface area contributed by atoms with Crippen molar-refractivity contribution in [3.8, 4) is 17.2 Å². The highest BCUT2D eigenvalue weighted by Gasteiger charge is 2.20. The summed E-state index contributed by atoms with van der Waals surface area (Å²) in [5.41, 5.74) is 0.364. The van der Waals surface area contributed by atoms with Gasteiger partial charge >= 0.3 is 0 Å². The maximum Gasteiger partial charge on any atom is 0.234 e. The zero-order valence-corrected chi connectivity index (χ0v) is 18.1. The first-order chi connectivity index (χ1) is 15.0. The maximum absolute atomic E-state index is 12.3. The van der Waals surface area contributed by atoms with Crippen LogP contribution in [0.4, 0.5) is 5.69 Å². The fourth-order valence-electron chi connectivity index (χ4n) is 2.82. The van der Waals surface area contributed by atoms with Gasteiger partial charge in [0, 0.05) is 6.54 Å². The van der Waals surface area contributed by atoms with Crippen molar-refractivity contribution in [3.63, 3.8) is 0 Å². The van der Waals surface area contributed by atoms with Crippen molar-refractivity contribution in [1.29, 1.82) is 0 Å². The van der Waals surface area contributed by atoms with E-state index in [2.05, 4.69) is 22.1 Å². The van der Waals surface area contributed by atoms with Crippen LogP contribution in [0, 0.1) is 0 Å². The van der Waals surface area contributed by atoms with Crippen molar-refractivity contribution >= 4 is 23.4 Å². The molecule has 1 heterocycles. The maximum atomic E-state index is 12.3. The minimum atomic E-state index is -0.370. The van der Waals surface area contributed by atoms with Gasteiger partial charge in [-0.3, -0.25) is 9.36 Å². The van der Waals surface area contributed by atoms with E-state index < -0.39 is 0 Å². The highest BCUT2D eigenvalue weighted by Crippen LogP contribution is 2.27. The fraction of sp³-hybridized carbons (Fsp3) is 0.227. The predicted octanol–water partition coefficient (Wildman–Crippen LogP) is 4.05. The minimum absolute atomic E-state index is 0.0162. The molecule has 2 aromatic carbocycles. The third-order valence-corrected chi connectivity index (χ3v) is 5.27. The number of amides is 1. The topological polar surface area (TPSA) is 98.5 Å². The number of aromatic nitrogens is 3. The number of aromatic hydroxyl groups is 1. The van der Waals surface area contributed by atoms with Crippen LogP contribution in [0.5, 0.6) is 17.2 Å². The van der Waals surface area contributed by atoms with Gasteiger partial charge in [0.15, 0.2) is 17.1 Å². The number of para-hydroxylation sites is 2. The predicted molar refractivity (Wildman–Crippen MR) is 120 cm³/mol. The molecule has 9 heteroatoms. The number of carbonyl (C=O) groups excluding carboxylic acids is 1. The number of anilines is 1. The molecule has 0 aliphatic heterocycles. The summed E-state index contributed by atoms with van der Waals surface area (Å²) in [6.07, 6.45) is 1.37. The van der Waals surface area contributed by atoms with E-state index in [4.69, 9.17) is 9.47 Å². The van der Waals surface area contributed by atoms with Crippen LogP contribution in [-0.4, -0.2) is 38.6 Å². The Balaban J connectivity index is 1.66. The standard InChI is InChI=1S/C22H24N4O4S/c1-4-13-26-21(15(2)30-17-11-9-16(29-3)10-12-17)24-25-22(26)31-14-20(28)23-18-7-5-6-8-19(18)27/h4-12,15,27H,1,13-14H2,2-3H3,(H,23,28). The zero-order chi connectivity index (χ0) is 22.2. The minimum Gasteiger partial charge on any atom is -0.506 e. The van der Waals surface area contributed by atoms with Gasteiger partial charge in [-0.15, -0.1) is 16.8 Å². The van der Waals surface area contributed by atoms with Gasteiger partial charge in [0.05, 0.1) is 18.6 Å². The SMILES string of the molecule is C=CCn1c(SCC(=O)Nc2ccccc2O)nnc1C(C)Oc1ccc(OC)cc1. The first-order valence-corrected chi connectivity index (χ1v) is 10.6. The number of hydrogen-bond acceptors (Lipinski definition) is 7. The highest BCUT2D eigenvalue weighted by atomic mass is 32.2. The molecule has 162 valence electrons. The summed E-state index contributed by atoms with van der Waals surface area (Å²) in [6.45, 7) is 6.15. The van der Waals surface area contributed by atoms with E-state index in [0.29, 0.717) is 29.0 Å². The summed E-state index contributed by atoms with van der Waals surface area (Å²) in [4.78, 5) is 12.3. The number of phenolic OH excluding ortho intramolecular Hbond substituents is 1. The van der Waals surface area contributed by atoms with Crippen molar-refractivity contribution in [3.05, 3.63) is 67.0 Å². The van der Waals surface area contributed by atoms with Crippen LogP contribution in [0.25, 0.3) is 0 Å². The van der Waals surface area contributed by atoms with Gasteiger partial charge in [0.2, 0.25) is 5.91 Å². The van der Waals surface area contributed by atoms with Crippen LogP contribution in [0.1, 0.15) is 18.9 Å². The molecule has 0 bridgehead atoms. The van der Waals surface area contributed by atoms with E-state index in [1.165, 1.54) is 17.8 Å². The molecule has 0 aliphatic carbocycles. The zero-order valence-electron chi connectivity index (χ0n) is 17.3. The average Bonchev–Trinajstić information content (AvgIpc) is 3.17. The summed E-state index contributed by atoms with van der Waals surface area (Å²) in [5.74, 6) is 1.91. The lowest BCUT2D eigenvalue weighted by atomic mass is 10.3. The summed E-state index contributed by atoms with van der Waals surface area (Å²) >= 11 is 1.25. The Morgan fingerprint density at radius 3 is 2.61 bits per heavy atom. The third-order valence-electron chi connectivity index (χ3n) is 4.30. The number of rotatable bonds is 10. The van der Waals surface area contributed by atoms with Crippen molar-refractivity contribution in [2.45, 2.75) is 24.7 Å². The van der Waals surface area contributed by atoms with E-state index in [1.807, 2.05) is 35.8 Å². The number of hydrogen-bond donors (Lipinski definition) is 2. The molecule has 0 radical (unpaired) electrons. The van der Waals surface area contributed by atoms with Crippen molar-refractivity contribution < 1.29 is 19.4 Å². The van der Waals surface area contributed by atoms with E-state index in [0.717, 1.165) is 5.75 Å². The molecule has 1 amide bonds. The molecule has 0 aliphatic rings. The Morgan fingerprint density at radius 1 is 1.23 bits per heavy atom. The monoisotopic (exact) mass is 440 g/mol. The molecular formula is C22H24N4O4S. The van der Waals surface area contributed by atoms with Gasteiger partial charge in [0.25, 0.3) is 0 Å². The number of nitrogens with one attached hydrogen (secondary N) is 1. The average molecular weight is 441 g/mol.